The number of benzene rings is 3. The lowest BCUT2D eigenvalue weighted by Gasteiger charge is -2.21. The summed E-state index contributed by atoms with van der Waals surface area (Å²) in [7, 11) is -2.15. The number of fused-ring (bicyclic) bond motifs is 1. The molecule has 0 aromatic heterocycles. The largest absolute Gasteiger partial charge is 0.346 e. The second-order valence-corrected chi connectivity index (χ2v) is 10.2. The molecule has 4 rings (SSSR count). The summed E-state index contributed by atoms with van der Waals surface area (Å²) in [5, 5.41) is 3.05. The summed E-state index contributed by atoms with van der Waals surface area (Å²) in [6.45, 7) is 1.98. The van der Waals surface area contributed by atoms with Gasteiger partial charge in [0.15, 0.2) is 0 Å². The fourth-order valence-corrected chi connectivity index (χ4v) is 5.31. The zero-order chi connectivity index (χ0) is 22.7. The van der Waals surface area contributed by atoms with Crippen LogP contribution < -0.4 is 9.62 Å². The molecular formula is C26H28N2O3S. The number of anilines is 1. The minimum atomic E-state index is -3.66. The number of carbonyl (C=O) groups excluding carboxylic acids is 1. The molecule has 0 heterocycles. The van der Waals surface area contributed by atoms with Crippen LogP contribution in [-0.2, 0) is 22.9 Å². The molecule has 0 radical (unpaired) electrons. The molecular weight excluding hydrogens is 420 g/mol. The van der Waals surface area contributed by atoms with E-state index in [1.807, 2.05) is 6.92 Å². The molecule has 0 aliphatic heterocycles. The summed E-state index contributed by atoms with van der Waals surface area (Å²) in [5.41, 5.74) is 4.90. The highest BCUT2D eigenvalue weighted by Gasteiger charge is 2.21. The van der Waals surface area contributed by atoms with Gasteiger partial charge in [0.05, 0.1) is 16.6 Å². The predicted octanol–water partition coefficient (Wildman–Crippen LogP) is 4.88. The van der Waals surface area contributed by atoms with Crippen LogP contribution in [0.4, 0.5) is 5.69 Å². The maximum Gasteiger partial charge on any atom is 0.264 e. The number of carbonyl (C=O) groups is 1. The van der Waals surface area contributed by atoms with Crippen LogP contribution in [0.25, 0.3) is 0 Å². The molecule has 1 aliphatic carbocycles. The van der Waals surface area contributed by atoms with Crippen LogP contribution in [0.1, 0.15) is 52.9 Å². The Bertz CT molecular complexity index is 1210. The Morgan fingerprint density at radius 2 is 1.56 bits per heavy atom. The Hall–Kier alpha value is -3.12. The standard InChI is InChI=1S/C26H28N2O3S/c1-19(22-13-12-20-8-6-7-9-23(20)18-22)27-26(29)21-14-16-24(17-15-21)28(2)32(30,31)25-10-4-3-5-11-25/h3-5,10-19H,6-9H2,1-2H3,(H,27,29)/t19-/m0/s1. The molecule has 1 aliphatic rings. The quantitative estimate of drug-likeness (QED) is 0.584. The number of hydrogen-bond acceptors (Lipinski definition) is 3. The van der Waals surface area contributed by atoms with Crippen molar-refractivity contribution < 1.29 is 13.2 Å². The lowest BCUT2D eigenvalue weighted by Crippen LogP contribution is -2.28. The van der Waals surface area contributed by atoms with Crippen LogP contribution in [-0.4, -0.2) is 21.4 Å². The number of nitrogens with zero attached hydrogens (tertiary/aromatic N) is 1. The van der Waals surface area contributed by atoms with Crippen molar-refractivity contribution in [3.63, 3.8) is 0 Å². The molecule has 0 bridgehead atoms. The molecule has 32 heavy (non-hydrogen) atoms. The second-order valence-electron chi connectivity index (χ2n) is 8.26. The molecule has 1 amide bonds. The van der Waals surface area contributed by atoms with E-state index < -0.39 is 10.0 Å². The summed E-state index contributed by atoms with van der Waals surface area (Å²) in [6.07, 6.45) is 4.70. The highest BCUT2D eigenvalue weighted by atomic mass is 32.2. The van der Waals surface area contributed by atoms with E-state index in [0.29, 0.717) is 11.3 Å². The molecule has 0 unspecified atom stereocenters. The molecule has 0 saturated heterocycles. The van der Waals surface area contributed by atoms with E-state index in [1.165, 1.54) is 35.3 Å². The normalized spacial score (nSPS) is 14.3. The van der Waals surface area contributed by atoms with Crippen molar-refractivity contribution >= 4 is 21.6 Å². The van der Waals surface area contributed by atoms with Gasteiger partial charge in [-0.25, -0.2) is 8.42 Å². The Labute approximate surface area is 190 Å². The highest BCUT2D eigenvalue weighted by Crippen LogP contribution is 2.26. The van der Waals surface area contributed by atoms with Crippen molar-refractivity contribution in [1.29, 1.82) is 0 Å². The minimum absolute atomic E-state index is 0.115. The van der Waals surface area contributed by atoms with Crippen LogP contribution in [0.3, 0.4) is 0 Å². The lowest BCUT2D eigenvalue weighted by molar-refractivity contribution is 0.0940. The number of sulfonamides is 1. The SMILES string of the molecule is C[C@H](NC(=O)c1ccc(N(C)S(=O)(=O)c2ccccc2)cc1)c1ccc2c(c1)CCCC2. The van der Waals surface area contributed by atoms with E-state index in [-0.39, 0.29) is 16.8 Å². The van der Waals surface area contributed by atoms with Crippen molar-refractivity contribution in [2.45, 2.75) is 43.5 Å². The fourth-order valence-electron chi connectivity index (χ4n) is 4.10. The third kappa shape index (κ3) is 4.55. The van der Waals surface area contributed by atoms with Gasteiger partial charge in [-0.2, -0.15) is 0 Å². The molecule has 5 nitrogen and oxygen atoms in total. The van der Waals surface area contributed by atoms with Crippen LogP contribution in [0, 0.1) is 0 Å². The summed E-state index contributed by atoms with van der Waals surface area (Å²) in [6, 6.07) is 21.3. The van der Waals surface area contributed by atoms with Gasteiger partial charge in [0, 0.05) is 12.6 Å². The molecule has 1 N–H and O–H groups in total. The zero-order valence-electron chi connectivity index (χ0n) is 18.4. The van der Waals surface area contributed by atoms with E-state index >= 15 is 0 Å². The van der Waals surface area contributed by atoms with E-state index in [1.54, 1.807) is 54.6 Å². The van der Waals surface area contributed by atoms with E-state index in [0.717, 1.165) is 18.4 Å². The summed E-state index contributed by atoms with van der Waals surface area (Å²) in [4.78, 5) is 13.0. The van der Waals surface area contributed by atoms with E-state index in [2.05, 4.69) is 23.5 Å². The highest BCUT2D eigenvalue weighted by molar-refractivity contribution is 7.92. The van der Waals surface area contributed by atoms with Gasteiger partial charge in [-0.15, -0.1) is 0 Å². The average molecular weight is 449 g/mol. The number of nitrogens with one attached hydrogen (secondary N) is 1. The maximum atomic E-state index is 12.8. The first-order valence-electron chi connectivity index (χ1n) is 10.9. The average Bonchev–Trinajstić information content (AvgIpc) is 2.83. The van der Waals surface area contributed by atoms with Gasteiger partial charge in [-0.1, -0.05) is 36.4 Å². The fraction of sp³-hybridized carbons (Fsp3) is 0.269. The monoisotopic (exact) mass is 448 g/mol. The first kappa shape index (κ1) is 22.1. The number of aryl methyl sites for hydroxylation is 2. The van der Waals surface area contributed by atoms with Crippen LogP contribution in [0.15, 0.2) is 77.7 Å². The van der Waals surface area contributed by atoms with Gasteiger partial charge in [0.1, 0.15) is 0 Å². The van der Waals surface area contributed by atoms with Gasteiger partial charge >= 0.3 is 0 Å². The summed E-state index contributed by atoms with van der Waals surface area (Å²) < 4.78 is 26.8. The predicted molar refractivity (Wildman–Crippen MR) is 127 cm³/mol. The van der Waals surface area contributed by atoms with Gasteiger partial charge in [0.25, 0.3) is 15.9 Å². The number of rotatable bonds is 6. The molecule has 6 heteroatoms. The summed E-state index contributed by atoms with van der Waals surface area (Å²) >= 11 is 0. The Morgan fingerprint density at radius 1 is 0.906 bits per heavy atom. The zero-order valence-corrected chi connectivity index (χ0v) is 19.2. The first-order chi connectivity index (χ1) is 15.4. The van der Waals surface area contributed by atoms with Crippen molar-refractivity contribution in [2.75, 3.05) is 11.4 Å². The Balaban J connectivity index is 1.45. The topological polar surface area (TPSA) is 66.5 Å². The van der Waals surface area contributed by atoms with Crippen LogP contribution in [0.2, 0.25) is 0 Å². The molecule has 0 saturated carbocycles. The van der Waals surface area contributed by atoms with E-state index in [4.69, 9.17) is 0 Å². The van der Waals surface area contributed by atoms with Gasteiger partial charge in [0.2, 0.25) is 0 Å². The second kappa shape index (κ2) is 9.17. The summed E-state index contributed by atoms with van der Waals surface area (Å²) in [5.74, 6) is -0.185. The molecule has 1 atom stereocenters. The first-order valence-corrected chi connectivity index (χ1v) is 12.4. The molecule has 0 fully saturated rings. The third-order valence-electron chi connectivity index (χ3n) is 6.11. The molecule has 0 spiro atoms. The van der Waals surface area contributed by atoms with Crippen molar-refractivity contribution in [1.82, 2.24) is 5.32 Å². The molecule has 3 aromatic rings. The van der Waals surface area contributed by atoms with Crippen molar-refractivity contribution in [2.24, 2.45) is 0 Å². The van der Waals surface area contributed by atoms with Crippen LogP contribution >= 0.6 is 0 Å². The van der Waals surface area contributed by atoms with Crippen molar-refractivity contribution in [3.05, 3.63) is 95.1 Å². The minimum Gasteiger partial charge on any atom is -0.346 e. The van der Waals surface area contributed by atoms with Gasteiger partial charge in [-0.05, 0) is 85.7 Å². The van der Waals surface area contributed by atoms with Crippen LogP contribution in [0.5, 0.6) is 0 Å². The number of amides is 1. The smallest absolute Gasteiger partial charge is 0.264 e. The van der Waals surface area contributed by atoms with Gasteiger partial charge < -0.3 is 5.32 Å². The Morgan fingerprint density at radius 3 is 2.25 bits per heavy atom. The van der Waals surface area contributed by atoms with Gasteiger partial charge in [-0.3, -0.25) is 9.10 Å². The van der Waals surface area contributed by atoms with E-state index in [9.17, 15) is 13.2 Å². The third-order valence-corrected chi connectivity index (χ3v) is 7.91. The number of hydrogen-bond donors (Lipinski definition) is 1. The maximum absolute atomic E-state index is 12.8. The lowest BCUT2D eigenvalue weighted by atomic mass is 9.89. The molecule has 166 valence electrons. The molecule has 3 aromatic carbocycles. The Kier molecular flexibility index (Phi) is 6.33. The van der Waals surface area contributed by atoms with Crippen molar-refractivity contribution in [3.8, 4) is 0 Å².